The van der Waals surface area contributed by atoms with Crippen LogP contribution in [0.4, 0.5) is 0 Å². The Kier molecular flexibility index (Phi) is 3.62. The summed E-state index contributed by atoms with van der Waals surface area (Å²) < 4.78 is 7.23. The van der Waals surface area contributed by atoms with Crippen molar-refractivity contribution in [3.8, 4) is 0 Å². The lowest BCUT2D eigenvalue weighted by molar-refractivity contribution is 0.0898. The molecule has 2 atom stereocenters. The molecule has 1 N–H and O–H groups in total. The molecule has 0 bridgehead atoms. The minimum Gasteiger partial charge on any atom is -0.472 e. The molecule has 3 aliphatic rings. The third kappa shape index (κ3) is 2.76. The smallest absolute Gasteiger partial charge is 0.289 e. The van der Waals surface area contributed by atoms with Gasteiger partial charge in [0.25, 0.3) is 5.91 Å². The van der Waals surface area contributed by atoms with Gasteiger partial charge in [-0.2, -0.15) is 0 Å². The second-order valence-corrected chi connectivity index (χ2v) is 7.70. The minimum absolute atomic E-state index is 0.0600. The number of hydrogen-bond donors (Lipinski definition) is 1. The normalized spacial score (nSPS) is 26.1. The quantitative estimate of drug-likeness (QED) is 0.911. The van der Waals surface area contributed by atoms with Gasteiger partial charge in [-0.25, -0.2) is 0 Å². The van der Waals surface area contributed by atoms with Gasteiger partial charge in [-0.15, -0.1) is 10.2 Å². The Hall–Kier alpha value is -2.15. The zero-order valence-electron chi connectivity index (χ0n) is 14.2. The number of carbonyl (C=O) groups is 1. The molecular weight excluding hydrogens is 318 g/mol. The first-order valence-corrected chi connectivity index (χ1v) is 9.22. The highest BCUT2D eigenvalue weighted by atomic mass is 16.3. The van der Waals surface area contributed by atoms with Crippen LogP contribution in [0.3, 0.4) is 0 Å². The van der Waals surface area contributed by atoms with E-state index in [9.17, 15) is 4.79 Å². The summed E-state index contributed by atoms with van der Waals surface area (Å²) in [5.74, 6) is 2.56. The fourth-order valence-electron chi connectivity index (χ4n) is 4.36. The molecule has 0 spiro atoms. The van der Waals surface area contributed by atoms with E-state index in [1.807, 2.05) is 12.3 Å². The molecule has 0 aromatic carbocycles. The molecule has 7 nitrogen and oxygen atoms in total. The molecule has 2 aliphatic heterocycles. The molecule has 2 unspecified atom stereocenters. The lowest BCUT2D eigenvalue weighted by Crippen LogP contribution is -2.41. The highest BCUT2D eigenvalue weighted by molar-refractivity contribution is 5.91. The second kappa shape index (κ2) is 5.98. The Morgan fingerprint density at radius 1 is 1.24 bits per heavy atom. The fourth-order valence-corrected chi connectivity index (χ4v) is 4.36. The highest BCUT2D eigenvalue weighted by Crippen LogP contribution is 2.33. The summed E-state index contributed by atoms with van der Waals surface area (Å²) in [6, 6.07) is 2.36. The van der Waals surface area contributed by atoms with Crippen molar-refractivity contribution in [2.24, 2.45) is 11.8 Å². The van der Waals surface area contributed by atoms with Crippen LogP contribution >= 0.6 is 0 Å². The number of nitrogens with zero attached hydrogens (tertiary/aromatic N) is 4. The number of carbonyl (C=O) groups excluding carboxylic acids is 1. The maximum absolute atomic E-state index is 12.5. The molecule has 1 saturated carbocycles. The van der Waals surface area contributed by atoms with Crippen LogP contribution in [-0.4, -0.2) is 44.7 Å². The van der Waals surface area contributed by atoms with Crippen molar-refractivity contribution in [3.05, 3.63) is 35.8 Å². The van der Waals surface area contributed by atoms with E-state index in [-0.39, 0.29) is 5.91 Å². The number of nitrogens with one attached hydrogen (secondary N) is 1. The van der Waals surface area contributed by atoms with Gasteiger partial charge < -0.3 is 14.3 Å². The van der Waals surface area contributed by atoms with Crippen molar-refractivity contribution in [1.82, 2.24) is 25.0 Å². The van der Waals surface area contributed by atoms with E-state index < -0.39 is 0 Å². The number of furan rings is 1. The van der Waals surface area contributed by atoms with Gasteiger partial charge in [0, 0.05) is 44.2 Å². The summed E-state index contributed by atoms with van der Waals surface area (Å²) in [6.07, 6.45) is 7.84. The van der Waals surface area contributed by atoms with Gasteiger partial charge in [-0.05, 0) is 37.2 Å². The summed E-state index contributed by atoms with van der Waals surface area (Å²) >= 11 is 0. The van der Waals surface area contributed by atoms with Crippen molar-refractivity contribution < 1.29 is 9.21 Å². The first kappa shape index (κ1) is 15.1. The summed E-state index contributed by atoms with van der Waals surface area (Å²) in [5, 5.41) is 11.6. The Bertz CT molecular complexity index is 765. The van der Waals surface area contributed by atoms with E-state index in [1.165, 1.54) is 12.0 Å². The van der Waals surface area contributed by atoms with Crippen molar-refractivity contribution in [3.63, 3.8) is 0 Å². The predicted molar refractivity (Wildman–Crippen MR) is 89.8 cm³/mol. The molecule has 7 heteroatoms. The van der Waals surface area contributed by atoms with Crippen LogP contribution in [0, 0.1) is 11.8 Å². The Balaban J connectivity index is 1.28. The zero-order valence-corrected chi connectivity index (χ0v) is 14.2. The van der Waals surface area contributed by atoms with Gasteiger partial charge in [-0.3, -0.25) is 9.69 Å². The van der Waals surface area contributed by atoms with Gasteiger partial charge >= 0.3 is 0 Å². The summed E-state index contributed by atoms with van der Waals surface area (Å²) in [7, 11) is 0. The van der Waals surface area contributed by atoms with Crippen molar-refractivity contribution in [1.29, 1.82) is 0 Å². The molecule has 0 radical (unpaired) electrons. The van der Waals surface area contributed by atoms with E-state index in [2.05, 4.69) is 25.0 Å². The summed E-state index contributed by atoms with van der Waals surface area (Å²) in [5.41, 5.74) is 1.22. The molecule has 132 valence electrons. The van der Waals surface area contributed by atoms with Crippen molar-refractivity contribution in [2.75, 3.05) is 13.1 Å². The molecule has 4 heterocycles. The van der Waals surface area contributed by atoms with E-state index >= 15 is 0 Å². The maximum atomic E-state index is 12.5. The third-order valence-corrected chi connectivity index (χ3v) is 5.97. The lowest BCUT2D eigenvalue weighted by Gasteiger charge is -2.28. The number of likely N-dealkylation sites (tertiary alicyclic amines) is 1. The van der Waals surface area contributed by atoms with E-state index in [0.29, 0.717) is 23.7 Å². The molecule has 1 amide bonds. The van der Waals surface area contributed by atoms with E-state index in [1.54, 1.807) is 6.26 Å². The average molecular weight is 341 g/mol. The van der Waals surface area contributed by atoms with Crippen molar-refractivity contribution in [2.45, 2.75) is 44.8 Å². The molecular formula is C18H23N5O2. The number of hydrogen-bond acceptors (Lipinski definition) is 5. The van der Waals surface area contributed by atoms with E-state index in [0.717, 1.165) is 51.3 Å². The van der Waals surface area contributed by atoms with Gasteiger partial charge in [-0.1, -0.05) is 0 Å². The maximum Gasteiger partial charge on any atom is 0.289 e. The molecule has 25 heavy (non-hydrogen) atoms. The van der Waals surface area contributed by atoms with Crippen LogP contribution in [0.1, 0.15) is 41.3 Å². The van der Waals surface area contributed by atoms with E-state index in [4.69, 9.17) is 4.42 Å². The Morgan fingerprint density at radius 2 is 2.12 bits per heavy atom. The lowest BCUT2D eigenvalue weighted by atomic mass is 9.89. The largest absolute Gasteiger partial charge is 0.472 e. The number of amides is 1. The average Bonchev–Trinajstić information content (AvgIpc) is 3.27. The summed E-state index contributed by atoms with van der Waals surface area (Å²) in [4.78, 5) is 15.0. The zero-order chi connectivity index (χ0) is 16.8. The van der Waals surface area contributed by atoms with Crippen LogP contribution in [0.2, 0.25) is 0 Å². The predicted octanol–water partition coefficient (Wildman–Crippen LogP) is 1.46. The minimum atomic E-state index is -0.0600. The van der Waals surface area contributed by atoms with Crippen molar-refractivity contribution >= 4 is 5.91 Å². The second-order valence-electron chi connectivity index (χ2n) is 7.70. The SMILES string of the molecule is O=C(NC1CCC1)c1nnc2n1CC1CN(Cc3ccoc3)CC1C2. The Morgan fingerprint density at radius 3 is 2.88 bits per heavy atom. The number of fused-ring (bicyclic) bond motifs is 2. The molecule has 1 aliphatic carbocycles. The third-order valence-electron chi connectivity index (χ3n) is 5.97. The summed E-state index contributed by atoms with van der Waals surface area (Å²) in [6.45, 7) is 3.91. The van der Waals surface area contributed by atoms with Crippen LogP contribution in [0.15, 0.2) is 23.0 Å². The van der Waals surface area contributed by atoms with Gasteiger partial charge in [0.15, 0.2) is 0 Å². The van der Waals surface area contributed by atoms with Gasteiger partial charge in [0.2, 0.25) is 5.82 Å². The molecule has 2 aromatic heterocycles. The standard InChI is InChI=1S/C18H23N5O2/c24-18(19-15-2-1-3-15)17-21-20-16-6-13-8-22(7-12-4-5-25-11-12)9-14(13)10-23(16)17/h4-5,11,13-15H,1-3,6-10H2,(H,19,24). The molecule has 5 rings (SSSR count). The van der Waals surface area contributed by atoms with Crippen LogP contribution in [0.25, 0.3) is 0 Å². The molecule has 2 aromatic rings. The topological polar surface area (TPSA) is 76.2 Å². The first-order chi connectivity index (χ1) is 12.3. The van der Waals surface area contributed by atoms with Crippen LogP contribution in [-0.2, 0) is 19.5 Å². The molecule has 2 fully saturated rings. The number of rotatable bonds is 4. The number of aromatic nitrogens is 3. The monoisotopic (exact) mass is 341 g/mol. The fraction of sp³-hybridized carbons (Fsp3) is 0.611. The first-order valence-electron chi connectivity index (χ1n) is 9.22. The van der Waals surface area contributed by atoms with Gasteiger partial charge in [0.05, 0.1) is 12.5 Å². The Labute approximate surface area is 146 Å². The van der Waals surface area contributed by atoms with Crippen LogP contribution in [0.5, 0.6) is 0 Å². The highest BCUT2D eigenvalue weighted by Gasteiger charge is 2.39. The van der Waals surface area contributed by atoms with Crippen LogP contribution < -0.4 is 5.32 Å². The molecule has 1 saturated heterocycles. The van der Waals surface area contributed by atoms with Gasteiger partial charge in [0.1, 0.15) is 5.82 Å².